The van der Waals surface area contributed by atoms with Gasteiger partial charge in [0.25, 0.3) is 0 Å². The summed E-state index contributed by atoms with van der Waals surface area (Å²) in [7, 11) is 0. The number of ether oxygens (including phenoxy) is 1. The van der Waals surface area contributed by atoms with Gasteiger partial charge in [-0.05, 0) is 25.3 Å². The van der Waals surface area contributed by atoms with E-state index in [0.717, 1.165) is 19.5 Å². The van der Waals surface area contributed by atoms with Crippen molar-refractivity contribution in [3.8, 4) is 0 Å². The van der Waals surface area contributed by atoms with Gasteiger partial charge in [-0.1, -0.05) is 6.92 Å². The highest BCUT2D eigenvalue weighted by atomic mass is 35.5. The Morgan fingerprint density at radius 2 is 2.31 bits per heavy atom. The highest BCUT2D eigenvalue weighted by Gasteiger charge is 2.31. The molecule has 0 aromatic heterocycles. The Labute approximate surface area is 85.6 Å². The first-order chi connectivity index (χ1) is 5.66. The van der Waals surface area contributed by atoms with Crippen molar-refractivity contribution < 1.29 is 9.53 Å². The third kappa shape index (κ3) is 3.96. The first kappa shape index (κ1) is 12.7. The molecule has 0 saturated carbocycles. The van der Waals surface area contributed by atoms with Crippen molar-refractivity contribution in [1.29, 1.82) is 0 Å². The van der Waals surface area contributed by atoms with Crippen LogP contribution in [0.5, 0.6) is 0 Å². The van der Waals surface area contributed by atoms with Gasteiger partial charge in [0.2, 0.25) is 0 Å². The molecule has 0 aromatic carbocycles. The minimum absolute atomic E-state index is 0. The highest BCUT2D eigenvalue weighted by molar-refractivity contribution is 5.85. The van der Waals surface area contributed by atoms with Crippen molar-refractivity contribution in [1.82, 2.24) is 5.32 Å². The summed E-state index contributed by atoms with van der Waals surface area (Å²) in [5, 5.41) is 3.25. The Morgan fingerprint density at radius 1 is 1.62 bits per heavy atom. The summed E-state index contributed by atoms with van der Waals surface area (Å²) in [6.07, 6.45) is 1.62. The highest BCUT2D eigenvalue weighted by Crippen LogP contribution is 2.28. The van der Waals surface area contributed by atoms with Gasteiger partial charge in [0.05, 0.1) is 13.0 Å². The molecule has 1 N–H and O–H groups in total. The molecule has 1 unspecified atom stereocenters. The van der Waals surface area contributed by atoms with Gasteiger partial charge in [-0.15, -0.1) is 12.4 Å². The minimum atomic E-state index is -0.0660. The summed E-state index contributed by atoms with van der Waals surface area (Å²) in [6, 6.07) is 0. The molecule has 1 aliphatic heterocycles. The first-order valence-electron chi connectivity index (χ1n) is 4.53. The lowest BCUT2D eigenvalue weighted by molar-refractivity contribution is -0.145. The van der Waals surface area contributed by atoms with Crippen molar-refractivity contribution in [2.24, 2.45) is 5.41 Å². The van der Waals surface area contributed by atoms with Crippen molar-refractivity contribution in [2.75, 3.05) is 19.7 Å². The SMILES string of the molecule is CCOC(=O)CC1(C)CCNC1.Cl. The number of hydrogen-bond acceptors (Lipinski definition) is 3. The van der Waals surface area contributed by atoms with Gasteiger partial charge in [0, 0.05) is 6.54 Å². The molecule has 1 fully saturated rings. The van der Waals surface area contributed by atoms with Gasteiger partial charge >= 0.3 is 5.97 Å². The van der Waals surface area contributed by atoms with Crippen LogP contribution in [0, 0.1) is 5.41 Å². The van der Waals surface area contributed by atoms with Crippen LogP contribution in [0.1, 0.15) is 26.7 Å². The molecule has 4 heteroatoms. The standard InChI is InChI=1S/C9H17NO2.ClH/c1-3-12-8(11)6-9(2)4-5-10-7-9;/h10H,3-7H2,1-2H3;1H. The summed E-state index contributed by atoms with van der Waals surface area (Å²) in [4.78, 5) is 11.2. The molecule has 0 aromatic rings. The van der Waals surface area contributed by atoms with E-state index >= 15 is 0 Å². The molecule has 0 bridgehead atoms. The van der Waals surface area contributed by atoms with Crippen LogP contribution < -0.4 is 5.32 Å². The molecule has 1 atom stereocenters. The first-order valence-corrected chi connectivity index (χ1v) is 4.53. The average Bonchev–Trinajstić information content (AvgIpc) is 2.36. The zero-order valence-electron chi connectivity index (χ0n) is 8.26. The van der Waals surface area contributed by atoms with Gasteiger partial charge < -0.3 is 10.1 Å². The average molecular weight is 208 g/mol. The van der Waals surface area contributed by atoms with Crippen LogP contribution in [0.4, 0.5) is 0 Å². The number of carbonyl (C=O) groups is 1. The number of esters is 1. The molecular weight excluding hydrogens is 190 g/mol. The van der Waals surface area contributed by atoms with E-state index in [2.05, 4.69) is 12.2 Å². The van der Waals surface area contributed by atoms with Crippen molar-refractivity contribution in [2.45, 2.75) is 26.7 Å². The fraction of sp³-hybridized carbons (Fsp3) is 0.889. The van der Waals surface area contributed by atoms with Gasteiger partial charge in [-0.25, -0.2) is 0 Å². The smallest absolute Gasteiger partial charge is 0.306 e. The van der Waals surface area contributed by atoms with Crippen molar-refractivity contribution in [3.63, 3.8) is 0 Å². The second kappa shape index (κ2) is 5.45. The molecule has 1 rings (SSSR count). The molecule has 0 aliphatic carbocycles. The second-order valence-electron chi connectivity index (χ2n) is 3.72. The van der Waals surface area contributed by atoms with E-state index < -0.39 is 0 Å². The van der Waals surface area contributed by atoms with Crippen LogP contribution in [0.3, 0.4) is 0 Å². The summed E-state index contributed by atoms with van der Waals surface area (Å²) < 4.78 is 4.90. The Bertz CT molecular complexity index is 167. The lowest BCUT2D eigenvalue weighted by atomic mass is 9.86. The van der Waals surface area contributed by atoms with E-state index in [0.29, 0.717) is 13.0 Å². The molecule has 0 spiro atoms. The molecular formula is C9H18ClNO2. The summed E-state index contributed by atoms with van der Waals surface area (Å²) in [5.74, 6) is -0.0660. The van der Waals surface area contributed by atoms with Crippen LogP contribution in [-0.4, -0.2) is 25.7 Å². The summed E-state index contributed by atoms with van der Waals surface area (Å²) in [5.41, 5.74) is 0.131. The number of nitrogens with one attached hydrogen (secondary N) is 1. The molecule has 78 valence electrons. The maximum atomic E-state index is 11.2. The zero-order chi connectivity index (χ0) is 9.03. The van der Waals surface area contributed by atoms with Crippen LogP contribution in [0.2, 0.25) is 0 Å². The molecule has 13 heavy (non-hydrogen) atoms. The van der Waals surface area contributed by atoms with Gasteiger partial charge in [0.15, 0.2) is 0 Å². The molecule has 0 radical (unpaired) electrons. The van der Waals surface area contributed by atoms with Crippen LogP contribution >= 0.6 is 12.4 Å². The lowest BCUT2D eigenvalue weighted by Crippen LogP contribution is -2.24. The van der Waals surface area contributed by atoms with E-state index in [1.54, 1.807) is 0 Å². The predicted molar refractivity (Wildman–Crippen MR) is 54.1 cm³/mol. The quantitative estimate of drug-likeness (QED) is 0.711. The number of rotatable bonds is 3. The number of halogens is 1. The lowest BCUT2D eigenvalue weighted by Gasteiger charge is -2.20. The van der Waals surface area contributed by atoms with E-state index in [9.17, 15) is 4.79 Å². The monoisotopic (exact) mass is 207 g/mol. The predicted octanol–water partition coefficient (Wildman–Crippen LogP) is 1.36. The Hall–Kier alpha value is -0.280. The normalized spacial score (nSPS) is 26.6. The number of hydrogen-bond donors (Lipinski definition) is 1. The minimum Gasteiger partial charge on any atom is -0.466 e. The van der Waals surface area contributed by atoms with Crippen LogP contribution in [0.15, 0.2) is 0 Å². The van der Waals surface area contributed by atoms with Gasteiger partial charge in [-0.3, -0.25) is 4.79 Å². The third-order valence-electron chi connectivity index (χ3n) is 2.33. The Morgan fingerprint density at radius 3 is 2.77 bits per heavy atom. The topological polar surface area (TPSA) is 38.3 Å². The summed E-state index contributed by atoms with van der Waals surface area (Å²) >= 11 is 0. The van der Waals surface area contributed by atoms with Crippen molar-refractivity contribution >= 4 is 18.4 Å². The maximum Gasteiger partial charge on any atom is 0.306 e. The molecule has 1 aliphatic rings. The zero-order valence-corrected chi connectivity index (χ0v) is 9.08. The molecule has 3 nitrogen and oxygen atoms in total. The third-order valence-corrected chi connectivity index (χ3v) is 2.33. The second-order valence-corrected chi connectivity index (χ2v) is 3.72. The van der Waals surface area contributed by atoms with E-state index in [1.165, 1.54) is 0 Å². The van der Waals surface area contributed by atoms with Gasteiger partial charge in [-0.2, -0.15) is 0 Å². The molecule has 1 heterocycles. The van der Waals surface area contributed by atoms with E-state index in [-0.39, 0.29) is 23.8 Å². The fourth-order valence-electron chi connectivity index (χ4n) is 1.58. The van der Waals surface area contributed by atoms with Crippen molar-refractivity contribution in [3.05, 3.63) is 0 Å². The Kier molecular flexibility index (Phi) is 5.33. The number of carbonyl (C=O) groups excluding carboxylic acids is 1. The maximum absolute atomic E-state index is 11.2. The largest absolute Gasteiger partial charge is 0.466 e. The fourth-order valence-corrected chi connectivity index (χ4v) is 1.58. The van der Waals surface area contributed by atoms with Crippen LogP contribution in [0.25, 0.3) is 0 Å². The van der Waals surface area contributed by atoms with E-state index in [1.807, 2.05) is 6.92 Å². The van der Waals surface area contributed by atoms with Crippen LogP contribution in [-0.2, 0) is 9.53 Å². The van der Waals surface area contributed by atoms with Gasteiger partial charge in [0.1, 0.15) is 0 Å². The molecule has 1 saturated heterocycles. The molecule has 0 amide bonds. The summed E-state index contributed by atoms with van der Waals surface area (Å²) in [6.45, 7) is 6.42. The van der Waals surface area contributed by atoms with E-state index in [4.69, 9.17) is 4.74 Å². The Balaban J connectivity index is 0.00000144.